The fraction of sp³-hybridized carbons (Fsp3) is 0.630. The summed E-state index contributed by atoms with van der Waals surface area (Å²) in [7, 11) is 0. The molecule has 0 radical (unpaired) electrons. The average molecular weight is 602 g/mol. The Morgan fingerprint density at radius 2 is 1.67 bits per heavy atom. The molecule has 15 heteroatoms. The number of hydrogen-bond acceptors (Lipinski definition) is 6. The van der Waals surface area contributed by atoms with E-state index in [4.69, 9.17) is 4.74 Å². The Kier molecular flexibility index (Phi) is 7.15. The number of anilines is 1. The van der Waals surface area contributed by atoms with Gasteiger partial charge >= 0.3 is 18.4 Å². The number of carbonyl (C=O) groups is 3. The van der Waals surface area contributed by atoms with Crippen LogP contribution in [0.4, 0.5) is 36.8 Å². The number of alkyl carbamates (subject to hydrolysis) is 1. The molecule has 4 aliphatic rings. The summed E-state index contributed by atoms with van der Waals surface area (Å²) in [6, 6.07) is -0.526. The van der Waals surface area contributed by atoms with Crippen molar-refractivity contribution in [1.82, 2.24) is 15.1 Å². The molecule has 1 saturated carbocycles. The lowest BCUT2D eigenvalue weighted by Gasteiger charge is -2.37. The number of nitriles is 1. The maximum absolute atomic E-state index is 13.6. The van der Waals surface area contributed by atoms with E-state index in [0.717, 1.165) is 11.3 Å². The Bertz CT molecular complexity index is 1300. The van der Waals surface area contributed by atoms with Crippen molar-refractivity contribution in [3.8, 4) is 6.07 Å². The summed E-state index contributed by atoms with van der Waals surface area (Å²) in [5.41, 5.74) is -4.44. The molecule has 4 fully saturated rings. The highest BCUT2D eigenvalue weighted by molar-refractivity contribution is 6.01. The number of piperidine rings is 1. The van der Waals surface area contributed by atoms with E-state index in [1.807, 2.05) is 0 Å². The third-order valence-electron chi connectivity index (χ3n) is 8.03. The van der Waals surface area contributed by atoms with Crippen molar-refractivity contribution in [1.29, 1.82) is 5.26 Å². The topological polar surface area (TPSA) is 106 Å². The monoisotopic (exact) mass is 601 g/mol. The van der Waals surface area contributed by atoms with Crippen LogP contribution in [0.25, 0.3) is 0 Å². The first-order chi connectivity index (χ1) is 19.4. The van der Waals surface area contributed by atoms with E-state index >= 15 is 0 Å². The Morgan fingerprint density at radius 3 is 2.19 bits per heavy atom. The van der Waals surface area contributed by atoms with E-state index in [1.54, 1.807) is 25.7 Å². The molecule has 0 unspecified atom stereocenters. The third kappa shape index (κ3) is 5.73. The number of halogens is 6. The molecule has 228 valence electrons. The molecule has 1 aromatic carbocycles. The van der Waals surface area contributed by atoms with Crippen LogP contribution in [-0.4, -0.2) is 76.6 Å². The van der Waals surface area contributed by atoms with Gasteiger partial charge < -0.3 is 19.9 Å². The first kappa shape index (κ1) is 29.9. The maximum atomic E-state index is 13.6. The summed E-state index contributed by atoms with van der Waals surface area (Å²) in [4.78, 5) is 43.6. The second kappa shape index (κ2) is 10.0. The second-order valence-electron chi connectivity index (χ2n) is 12.2. The molecule has 0 aromatic heterocycles. The predicted octanol–water partition coefficient (Wildman–Crippen LogP) is 3.92. The summed E-state index contributed by atoms with van der Waals surface area (Å²) in [5, 5.41) is 12.1. The minimum absolute atomic E-state index is 0.00440. The number of benzene rings is 1. The van der Waals surface area contributed by atoms with E-state index < -0.39 is 76.8 Å². The number of nitrogens with zero attached hydrogens (tertiary/aromatic N) is 4. The molecule has 6 atom stereocenters. The van der Waals surface area contributed by atoms with Gasteiger partial charge in [0.2, 0.25) is 11.8 Å². The first-order valence-corrected chi connectivity index (χ1v) is 13.5. The molecule has 0 spiro atoms. The number of nitrogens with one attached hydrogen (secondary N) is 1. The Hall–Kier alpha value is -3.54. The fourth-order valence-electron chi connectivity index (χ4n) is 6.22. The summed E-state index contributed by atoms with van der Waals surface area (Å²) in [5.74, 6) is -1.02. The van der Waals surface area contributed by atoms with Gasteiger partial charge in [0, 0.05) is 24.8 Å². The Labute approximate surface area is 237 Å². The number of alkyl halides is 6. The zero-order valence-corrected chi connectivity index (χ0v) is 22.9. The van der Waals surface area contributed by atoms with E-state index in [0.29, 0.717) is 18.6 Å². The van der Waals surface area contributed by atoms with Crippen molar-refractivity contribution in [2.24, 2.45) is 5.92 Å². The molecule has 42 heavy (non-hydrogen) atoms. The molecule has 1 N–H and O–H groups in total. The zero-order chi connectivity index (χ0) is 30.9. The molecular formula is C27H29F6N5O4. The highest BCUT2D eigenvalue weighted by Gasteiger charge is 2.56. The number of rotatable bonds is 5. The Balaban J connectivity index is 1.37. The van der Waals surface area contributed by atoms with Crippen LogP contribution < -0.4 is 10.2 Å². The molecule has 5 rings (SSSR count). The Morgan fingerprint density at radius 1 is 1.05 bits per heavy atom. The van der Waals surface area contributed by atoms with Gasteiger partial charge in [-0.1, -0.05) is 0 Å². The molecule has 3 aliphatic heterocycles. The molecule has 1 aliphatic carbocycles. The van der Waals surface area contributed by atoms with Crippen molar-refractivity contribution in [2.45, 2.75) is 88.2 Å². The lowest BCUT2D eigenvalue weighted by Crippen LogP contribution is -2.59. The van der Waals surface area contributed by atoms with Crippen molar-refractivity contribution >= 4 is 23.6 Å². The van der Waals surface area contributed by atoms with Crippen LogP contribution in [-0.2, 0) is 26.7 Å². The minimum atomic E-state index is -5.07. The summed E-state index contributed by atoms with van der Waals surface area (Å²) < 4.78 is 85.9. The fourth-order valence-corrected chi connectivity index (χ4v) is 6.22. The van der Waals surface area contributed by atoms with Gasteiger partial charge in [-0.25, -0.2) is 4.79 Å². The smallest absolute Gasteiger partial charge is 0.416 e. The van der Waals surface area contributed by atoms with Crippen LogP contribution in [0.1, 0.15) is 51.2 Å². The van der Waals surface area contributed by atoms with Gasteiger partial charge in [0.1, 0.15) is 17.7 Å². The summed E-state index contributed by atoms with van der Waals surface area (Å²) in [6.07, 6.45) is -9.66. The van der Waals surface area contributed by atoms with Gasteiger partial charge in [-0.3, -0.25) is 14.5 Å². The van der Waals surface area contributed by atoms with E-state index in [1.165, 1.54) is 4.90 Å². The minimum Gasteiger partial charge on any atom is -0.444 e. The standard InChI is InChI=1S/C27H29F6N5O4/c1-25(2,3)42-24(41)35-19(22(39)38-17(10-34)4-13-5-20(13)38)12-36-11-18-9-21(36)23(40)37(18)16-7-14(26(28,29)30)6-15(8-16)27(31,32)33/h6-8,13,17-21H,4-5,9,11-12H2,1-3H3,(H,35,41)/t13-,17+,18+,19+,20+,21+/m1/s1. The first-order valence-electron chi connectivity index (χ1n) is 13.5. The van der Waals surface area contributed by atoms with Gasteiger partial charge in [-0.05, 0) is 64.2 Å². The molecule has 3 saturated heterocycles. The van der Waals surface area contributed by atoms with Gasteiger partial charge in [-0.15, -0.1) is 0 Å². The quantitative estimate of drug-likeness (QED) is 0.513. The third-order valence-corrected chi connectivity index (χ3v) is 8.03. The maximum Gasteiger partial charge on any atom is 0.416 e. The van der Waals surface area contributed by atoms with Crippen LogP contribution in [0.15, 0.2) is 18.2 Å². The summed E-state index contributed by atoms with van der Waals surface area (Å²) >= 11 is 0. The zero-order valence-electron chi connectivity index (χ0n) is 22.9. The van der Waals surface area contributed by atoms with E-state index in [9.17, 15) is 46.0 Å². The normalized spacial score (nSPS) is 28.0. The number of hydrogen-bond donors (Lipinski definition) is 1. The second-order valence-corrected chi connectivity index (χ2v) is 12.2. The largest absolute Gasteiger partial charge is 0.444 e. The molecule has 2 bridgehead atoms. The van der Waals surface area contributed by atoms with Crippen LogP contribution in [0.5, 0.6) is 0 Å². The predicted molar refractivity (Wildman–Crippen MR) is 134 cm³/mol. The number of amides is 3. The number of ether oxygens (including phenoxy) is 1. The van der Waals surface area contributed by atoms with Gasteiger partial charge in [0.15, 0.2) is 0 Å². The lowest BCUT2D eigenvalue weighted by atomic mass is 10.1. The SMILES string of the molecule is CC(C)(C)OC(=O)N[C@@H](CN1C[C@@H]2C[C@H]1C(=O)N2c1cc(C(F)(F)F)cc(C(F)(F)F)c1)C(=O)N1[C@H](C#N)C[C@@H]2C[C@@H]21. The molecule has 3 amide bonds. The van der Waals surface area contributed by atoms with Gasteiger partial charge in [0.25, 0.3) is 0 Å². The van der Waals surface area contributed by atoms with E-state index in [-0.39, 0.29) is 37.5 Å². The summed E-state index contributed by atoms with van der Waals surface area (Å²) in [6.45, 7) is 4.78. The average Bonchev–Trinajstić information content (AvgIpc) is 3.18. The van der Waals surface area contributed by atoms with Crippen LogP contribution in [0.3, 0.4) is 0 Å². The van der Waals surface area contributed by atoms with Crippen molar-refractivity contribution in [3.05, 3.63) is 29.3 Å². The van der Waals surface area contributed by atoms with E-state index in [2.05, 4.69) is 11.4 Å². The number of carbonyl (C=O) groups excluding carboxylic acids is 3. The number of fused-ring (bicyclic) bond motifs is 3. The molecule has 3 heterocycles. The number of likely N-dealkylation sites (tertiary alicyclic amines) is 2. The van der Waals surface area contributed by atoms with Gasteiger partial charge in [-0.2, -0.15) is 31.6 Å². The molecule has 9 nitrogen and oxygen atoms in total. The van der Waals surface area contributed by atoms with Gasteiger partial charge in [0.05, 0.1) is 29.3 Å². The molecule has 1 aromatic rings. The van der Waals surface area contributed by atoms with Crippen molar-refractivity contribution in [3.63, 3.8) is 0 Å². The van der Waals surface area contributed by atoms with Crippen LogP contribution in [0, 0.1) is 17.2 Å². The van der Waals surface area contributed by atoms with Crippen molar-refractivity contribution < 1.29 is 45.5 Å². The lowest BCUT2D eigenvalue weighted by molar-refractivity contribution is -0.143. The van der Waals surface area contributed by atoms with Crippen LogP contribution in [0.2, 0.25) is 0 Å². The highest BCUT2D eigenvalue weighted by atomic mass is 19.4. The van der Waals surface area contributed by atoms with Crippen molar-refractivity contribution in [2.75, 3.05) is 18.0 Å². The molecular weight excluding hydrogens is 572 g/mol. The number of piperazine rings is 1. The van der Waals surface area contributed by atoms with Crippen LogP contribution >= 0.6 is 0 Å². The highest BCUT2D eigenvalue weighted by Crippen LogP contribution is 2.48.